The molecule has 1 aliphatic carbocycles. The molecule has 3 heteroatoms. The summed E-state index contributed by atoms with van der Waals surface area (Å²) >= 11 is 0. The fraction of sp³-hybridized carbons (Fsp3) is 0.471. The molecular formula is C17H21NO2. The molecule has 1 aromatic carbocycles. The second-order valence-corrected chi connectivity index (χ2v) is 5.63. The van der Waals surface area contributed by atoms with Crippen LogP contribution in [0.25, 0.3) is 10.9 Å². The first kappa shape index (κ1) is 13.5. The Morgan fingerprint density at radius 2 is 1.95 bits per heavy atom. The number of rotatable bonds is 3. The quantitative estimate of drug-likeness (QED) is 0.930. The van der Waals surface area contributed by atoms with Crippen molar-refractivity contribution in [3.8, 4) is 0 Å². The molecule has 0 atom stereocenters. The van der Waals surface area contributed by atoms with Gasteiger partial charge in [0.05, 0.1) is 18.2 Å². The molecule has 106 valence electrons. The van der Waals surface area contributed by atoms with E-state index in [1.807, 2.05) is 18.2 Å². The number of hydrogen-bond acceptors (Lipinski definition) is 3. The molecule has 0 bridgehead atoms. The van der Waals surface area contributed by atoms with E-state index in [1.165, 1.54) is 5.69 Å². The standard InChI is InChI=1S/C17H21NO2/c1-20-15-6-3-13(4-7-15)16-9-5-14-10-12(11-19)2-8-17(14)18-16/h2,5,8-10,13,15,19H,3-4,6-7,11H2,1H3. The number of hydrogen-bond donors (Lipinski definition) is 1. The lowest BCUT2D eigenvalue weighted by Crippen LogP contribution is -2.19. The van der Waals surface area contributed by atoms with E-state index in [-0.39, 0.29) is 6.61 Å². The van der Waals surface area contributed by atoms with E-state index in [0.29, 0.717) is 12.0 Å². The third kappa shape index (κ3) is 2.69. The Morgan fingerprint density at radius 1 is 1.15 bits per heavy atom. The van der Waals surface area contributed by atoms with Crippen molar-refractivity contribution >= 4 is 10.9 Å². The third-order valence-corrected chi connectivity index (χ3v) is 4.38. The summed E-state index contributed by atoms with van der Waals surface area (Å²) in [6.07, 6.45) is 5.00. The fourth-order valence-corrected chi connectivity index (χ4v) is 3.11. The summed E-state index contributed by atoms with van der Waals surface area (Å²) in [6.45, 7) is 0.0821. The minimum absolute atomic E-state index is 0.0821. The van der Waals surface area contributed by atoms with Crippen molar-refractivity contribution in [2.45, 2.75) is 44.3 Å². The van der Waals surface area contributed by atoms with Crippen molar-refractivity contribution in [1.82, 2.24) is 4.98 Å². The number of ether oxygens (including phenoxy) is 1. The molecule has 0 radical (unpaired) electrons. The highest BCUT2D eigenvalue weighted by molar-refractivity contribution is 5.79. The van der Waals surface area contributed by atoms with Gasteiger partial charge in [0.15, 0.2) is 0 Å². The molecule has 1 N–H and O–H groups in total. The summed E-state index contributed by atoms with van der Waals surface area (Å²) in [4.78, 5) is 4.80. The zero-order valence-corrected chi connectivity index (χ0v) is 11.9. The van der Waals surface area contributed by atoms with Crippen LogP contribution in [0.3, 0.4) is 0 Å². The van der Waals surface area contributed by atoms with Gasteiger partial charge in [0.2, 0.25) is 0 Å². The molecule has 3 rings (SSSR count). The Balaban J connectivity index is 1.82. The highest BCUT2D eigenvalue weighted by Gasteiger charge is 2.23. The molecule has 0 aliphatic heterocycles. The van der Waals surface area contributed by atoms with Crippen molar-refractivity contribution < 1.29 is 9.84 Å². The molecule has 1 saturated carbocycles. The predicted octanol–water partition coefficient (Wildman–Crippen LogP) is 3.40. The van der Waals surface area contributed by atoms with Gasteiger partial charge in [0.25, 0.3) is 0 Å². The lowest BCUT2D eigenvalue weighted by molar-refractivity contribution is 0.0655. The van der Waals surface area contributed by atoms with Crippen LogP contribution in [0.1, 0.15) is 42.9 Å². The summed E-state index contributed by atoms with van der Waals surface area (Å²) in [5, 5.41) is 10.3. The van der Waals surface area contributed by atoms with Crippen molar-refractivity contribution in [2.24, 2.45) is 0 Å². The number of benzene rings is 1. The lowest BCUT2D eigenvalue weighted by atomic mass is 9.85. The number of fused-ring (bicyclic) bond motifs is 1. The normalized spacial score (nSPS) is 23.1. The van der Waals surface area contributed by atoms with Gasteiger partial charge in [-0.3, -0.25) is 4.98 Å². The van der Waals surface area contributed by atoms with Gasteiger partial charge in [-0.25, -0.2) is 0 Å². The first-order valence-corrected chi connectivity index (χ1v) is 7.33. The first-order valence-electron chi connectivity index (χ1n) is 7.33. The predicted molar refractivity (Wildman–Crippen MR) is 79.7 cm³/mol. The van der Waals surface area contributed by atoms with Crippen LogP contribution in [-0.2, 0) is 11.3 Å². The van der Waals surface area contributed by atoms with Crippen molar-refractivity contribution in [2.75, 3.05) is 7.11 Å². The fourth-order valence-electron chi connectivity index (χ4n) is 3.11. The van der Waals surface area contributed by atoms with E-state index in [4.69, 9.17) is 9.72 Å². The van der Waals surface area contributed by atoms with Crippen LogP contribution in [0.15, 0.2) is 30.3 Å². The zero-order valence-electron chi connectivity index (χ0n) is 11.9. The average Bonchev–Trinajstić information content (AvgIpc) is 2.54. The maximum absolute atomic E-state index is 9.17. The third-order valence-electron chi connectivity index (χ3n) is 4.38. The van der Waals surface area contributed by atoms with E-state index >= 15 is 0 Å². The van der Waals surface area contributed by atoms with E-state index < -0.39 is 0 Å². The Hall–Kier alpha value is -1.45. The summed E-state index contributed by atoms with van der Waals surface area (Å²) in [5.41, 5.74) is 3.16. The summed E-state index contributed by atoms with van der Waals surface area (Å²) in [5.74, 6) is 0.559. The lowest BCUT2D eigenvalue weighted by Gasteiger charge is -2.27. The minimum atomic E-state index is 0.0821. The zero-order chi connectivity index (χ0) is 13.9. The van der Waals surface area contributed by atoms with Gasteiger partial charge in [-0.15, -0.1) is 0 Å². The molecular weight excluding hydrogens is 250 g/mol. The number of nitrogens with zero attached hydrogens (tertiary/aromatic N) is 1. The monoisotopic (exact) mass is 271 g/mol. The van der Waals surface area contributed by atoms with E-state index in [0.717, 1.165) is 42.1 Å². The van der Waals surface area contributed by atoms with Crippen LogP contribution in [0.5, 0.6) is 0 Å². The van der Waals surface area contributed by atoms with Crippen LogP contribution < -0.4 is 0 Å². The van der Waals surface area contributed by atoms with Crippen LogP contribution in [0.2, 0.25) is 0 Å². The number of pyridine rings is 1. The smallest absolute Gasteiger partial charge is 0.0705 e. The van der Waals surface area contributed by atoms with Crippen LogP contribution in [-0.4, -0.2) is 23.3 Å². The van der Waals surface area contributed by atoms with Gasteiger partial charge in [-0.2, -0.15) is 0 Å². The molecule has 1 aliphatic rings. The maximum Gasteiger partial charge on any atom is 0.0705 e. The molecule has 2 aromatic rings. The molecule has 0 spiro atoms. The second-order valence-electron chi connectivity index (χ2n) is 5.63. The van der Waals surface area contributed by atoms with Crippen LogP contribution in [0.4, 0.5) is 0 Å². The second kappa shape index (κ2) is 5.90. The molecule has 0 unspecified atom stereocenters. The number of aromatic nitrogens is 1. The van der Waals surface area contributed by atoms with E-state index in [9.17, 15) is 5.11 Å². The minimum Gasteiger partial charge on any atom is -0.392 e. The molecule has 1 heterocycles. The van der Waals surface area contributed by atoms with E-state index in [1.54, 1.807) is 7.11 Å². The Kier molecular flexibility index (Phi) is 3.99. The summed E-state index contributed by atoms with van der Waals surface area (Å²) in [7, 11) is 1.80. The average molecular weight is 271 g/mol. The molecule has 0 saturated heterocycles. The van der Waals surface area contributed by atoms with Gasteiger partial charge >= 0.3 is 0 Å². The first-order chi connectivity index (χ1) is 9.80. The van der Waals surface area contributed by atoms with Gasteiger partial charge in [-0.05, 0) is 49.4 Å². The van der Waals surface area contributed by atoms with Crippen molar-refractivity contribution in [3.05, 3.63) is 41.6 Å². The Bertz CT molecular complexity index is 589. The SMILES string of the molecule is COC1CCC(c2ccc3cc(CO)ccc3n2)CC1. The van der Waals surface area contributed by atoms with Crippen molar-refractivity contribution in [1.29, 1.82) is 0 Å². The van der Waals surface area contributed by atoms with Gasteiger partial charge in [0.1, 0.15) is 0 Å². The molecule has 0 amide bonds. The summed E-state index contributed by atoms with van der Waals surface area (Å²) < 4.78 is 5.43. The molecule has 1 fully saturated rings. The highest BCUT2D eigenvalue weighted by Crippen LogP contribution is 2.33. The maximum atomic E-state index is 9.17. The largest absolute Gasteiger partial charge is 0.392 e. The van der Waals surface area contributed by atoms with Gasteiger partial charge < -0.3 is 9.84 Å². The topological polar surface area (TPSA) is 42.4 Å². The number of methoxy groups -OCH3 is 1. The molecule has 3 nitrogen and oxygen atoms in total. The Morgan fingerprint density at radius 3 is 2.65 bits per heavy atom. The molecule has 20 heavy (non-hydrogen) atoms. The van der Waals surface area contributed by atoms with Gasteiger partial charge in [-0.1, -0.05) is 12.1 Å². The van der Waals surface area contributed by atoms with Crippen molar-refractivity contribution in [3.63, 3.8) is 0 Å². The van der Waals surface area contributed by atoms with Gasteiger partial charge in [0, 0.05) is 24.1 Å². The van der Waals surface area contributed by atoms with Crippen LogP contribution in [0, 0.1) is 0 Å². The summed E-state index contributed by atoms with van der Waals surface area (Å²) in [6, 6.07) is 10.2. The Labute approximate surface area is 119 Å². The highest BCUT2D eigenvalue weighted by atomic mass is 16.5. The molecule has 1 aromatic heterocycles. The van der Waals surface area contributed by atoms with E-state index in [2.05, 4.69) is 12.1 Å². The van der Waals surface area contributed by atoms with Crippen LogP contribution >= 0.6 is 0 Å². The number of aliphatic hydroxyl groups is 1. The number of aliphatic hydroxyl groups excluding tert-OH is 1.